The molecule has 0 aromatic heterocycles. The van der Waals surface area contributed by atoms with E-state index in [-0.39, 0.29) is 12.0 Å². The molecule has 2 saturated heterocycles. The summed E-state index contributed by atoms with van der Waals surface area (Å²) in [6.07, 6.45) is 9.42. The van der Waals surface area contributed by atoms with Gasteiger partial charge in [-0.1, -0.05) is 49.6 Å². The van der Waals surface area contributed by atoms with Gasteiger partial charge in [-0.25, -0.2) is 0 Å². The summed E-state index contributed by atoms with van der Waals surface area (Å²) in [5, 5.41) is 7.15. The number of guanidine groups is 1. The first kappa shape index (κ1) is 22.1. The van der Waals surface area contributed by atoms with Crippen LogP contribution in [-0.4, -0.2) is 67.5 Å². The fourth-order valence-electron chi connectivity index (χ4n) is 5.45. The van der Waals surface area contributed by atoms with Crippen LogP contribution in [0.25, 0.3) is 0 Å². The molecule has 2 heterocycles. The summed E-state index contributed by atoms with van der Waals surface area (Å²) in [7, 11) is 1.84. The van der Waals surface area contributed by atoms with Crippen molar-refractivity contribution in [3.8, 4) is 0 Å². The zero-order chi connectivity index (χ0) is 21.5. The topological polar surface area (TPSA) is 60.0 Å². The van der Waals surface area contributed by atoms with E-state index < -0.39 is 0 Å². The van der Waals surface area contributed by atoms with Gasteiger partial charge in [0.15, 0.2) is 5.96 Å². The highest BCUT2D eigenvalue weighted by atomic mass is 16.2. The maximum atomic E-state index is 12.9. The van der Waals surface area contributed by atoms with E-state index in [9.17, 15) is 4.79 Å². The molecule has 0 bridgehead atoms. The minimum Gasteiger partial charge on any atom is -0.354 e. The quantitative estimate of drug-likeness (QED) is 0.543. The third kappa shape index (κ3) is 5.79. The Morgan fingerprint density at radius 2 is 1.77 bits per heavy atom. The largest absolute Gasteiger partial charge is 0.354 e. The van der Waals surface area contributed by atoms with Crippen LogP contribution in [0.4, 0.5) is 0 Å². The van der Waals surface area contributed by atoms with E-state index in [4.69, 9.17) is 0 Å². The zero-order valence-corrected chi connectivity index (χ0v) is 19.1. The van der Waals surface area contributed by atoms with Gasteiger partial charge in [0, 0.05) is 38.6 Å². The lowest BCUT2D eigenvalue weighted by Gasteiger charge is -2.29. The first-order valence-electron chi connectivity index (χ1n) is 12.3. The van der Waals surface area contributed by atoms with E-state index in [0.29, 0.717) is 11.9 Å². The van der Waals surface area contributed by atoms with Crippen molar-refractivity contribution in [3.05, 3.63) is 35.9 Å². The van der Waals surface area contributed by atoms with Crippen molar-refractivity contribution >= 4 is 11.9 Å². The van der Waals surface area contributed by atoms with Gasteiger partial charge in [-0.15, -0.1) is 0 Å². The zero-order valence-electron chi connectivity index (χ0n) is 19.1. The molecule has 170 valence electrons. The molecule has 2 N–H and O–H groups in total. The van der Waals surface area contributed by atoms with Crippen LogP contribution in [0.3, 0.4) is 0 Å². The summed E-state index contributed by atoms with van der Waals surface area (Å²) in [5.41, 5.74) is 1.36. The first-order chi connectivity index (χ1) is 15.2. The Bertz CT molecular complexity index is 725. The third-order valence-electron chi connectivity index (χ3n) is 7.25. The van der Waals surface area contributed by atoms with Gasteiger partial charge in [-0.05, 0) is 50.8 Å². The molecule has 3 aliphatic rings. The summed E-state index contributed by atoms with van der Waals surface area (Å²) < 4.78 is 0. The van der Waals surface area contributed by atoms with Gasteiger partial charge < -0.3 is 15.5 Å². The molecule has 0 radical (unpaired) electrons. The number of nitrogens with zero attached hydrogens (tertiary/aromatic N) is 3. The van der Waals surface area contributed by atoms with Crippen molar-refractivity contribution in [1.29, 1.82) is 0 Å². The molecular weight excluding hydrogens is 386 g/mol. The van der Waals surface area contributed by atoms with Gasteiger partial charge in [0.1, 0.15) is 0 Å². The van der Waals surface area contributed by atoms with Gasteiger partial charge in [-0.3, -0.25) is 14.7 Å². The monoisotopic (exact) mass is 425 g/mol. The van der Waals surface area contributed by atoms with Crippen LogP contribution in [0.15, 0.2) is 35.3 Å². The molecule has 1 amide bonds. The summed E-state index contributed by atoms with van der Waals surface area (Å²) in [4.78, 5) is 22.0. The Morgan fingerprint density at radius 1 is 1.03 bits per heavy atom. The van der Waals surface area contributed by atoms with Crippen LogP contribution in [-0.2, 0) is 4.79 Å². The molecule has 6 nitrogen and oxygen atoms in total. The van der Waals surface area contributed by atoms with Crippen molar-refractivity contribution in [1.82, 2.24) is 20.4 Å². The van der Waals surface area contributed by atoms with Crippen LogP contribution in [0.2, 0.25) is 0 Å². The second kappa shape index (κ2) is 11.0. The van der Waals surface area contributed by atoms with Crippen LogP contribution in [0.5, 0.6) is 0 Å². The smallest absolute Gasteiger partial charge is 0.225 e. The Labute approximate surface area is 187 Å². The highest BCUT2D eigenvalue weighted by molar-refractivity contribution is 5.81. The average molecular weight is 426 g/mol. The summed E-state index contributed by atoms with van der Waals surface area (Å²) >= 11 is 0. The highest BCUT2D eigenvalue weighted by Gasteiger charge is 2.32. The Hall–Kier alpha value is -2.08. The minimum absolute atomic E-state index is 0.261. The third-order valence-corrected chi connectivity index (χ3v) is 7.25. The van der Waals surface area contributed by atoms with Crippen molar-refractivity contribution < 1.29 is 4.79 Å². The fourth-order valence-corrected chi connectivity index (χ4v) is 5.45. The molecule has 1 aliphatic carbocycles. The van der Waals surface area contributed by atoms with Crippen molar-refractivity contribution in [2.24, 2.45) is 10.9 Å². The maximum Gasteiger partial charge on any atom is 0.225 e. The van der Waals surface area contributed by atoms with E-state index >= 15 is 0 Å². The normalized spacial score (nSPS) is 24.4. The number of rotatable bonds is 6. The molecule has 31 heavy (non-hydrogen) atoms. The van der Waals surface area contributed by atoms with Gasteiger partial charge in [-0.2, -0.15) is 0 Å². The number of likely N-dealkylation sites (tertiary alicyclic amines) is 2. The number of nitrogens with one attached hydrogen (secondary N) is 2. The van der Waals surface area contributed by atoms with Gasteiger partial charge >= 0.3 is 0 Å². The van der Waals surface area contributed by atoms with Crippen LogP contribution < -0.4 is 10.6 Å². The van der Waals surface area contributed by atoms with Crippen molar-refractivity contribution in [3.63, 3.8) is 0 Å². The standard InChI is InChI=1S/C25H39N5O/c1-26-25(27-18-23(29-15-8-9-16-29)20-10-4-2-5-11-20)28-22-14-17-30(19-22)24(31)21-12-6-3-7-13-21/h2,4-5,10-11,21-23H,3,6-9,12-19H2,1H3,(H2,26,27,28). The van der Waals surface area contributed by atoms with Gasteiger partial charge in [0.25, 0.3) is 0 Å². The maximum absolute atomic E-state index is 12.9. The number of carbonyl (C=O) groups excluding carboxylic acids is 1. The SMILES string of the molecule is CN=C(NCC(c1ccccc1)N1CCCC1)NC1CCN(C(=O)C2CCCCC2)C1. The Kier molecular flexibility index (Phi) is 7.84. The van der Waals surface area contributed by atoms with Crippen LogP contribution >= 0.6 is 0 Å². The lowest BCUT2D eigenvalue weighted by Crippen LogP contribution is -2.47. The molecule has 4 rings (SSSR count). The molecule has 1 saturated carbocycles. The number of hydrogen-bond donors (Lipinski definition) is 2. The van der Waals surface area contributed by atoms with E-state index in [1.165, 1.54) is 37.7 Å². The highest BCUT2D eigenvalue weighted by Crippen LogP contribution is 2.27. The van der Waals surface area contributed by atoms with Crippen LogP contribution in [0, 0.1) is 5.92 Å². The molecule has 1 aromatic rings. The molecule has 0 spiro atoms. The van der Waals surface area contributed by atoms with E-state index in [1.54, 1.807) is 0 Å². The number of hydrogen-bond acceptors (Lipinski definition) is 3. The fraction of sp³-hybridized carbons (Fsp3) is 0.680. The van der Waals surface area contributed by atoms with Gasteiger partial charge in [0.2, 0.25) is 5.91 Å². The van der Waals surface area contributed by atoms with Crippen molar-refractivity contribution in [2.45, 2.75) is 63.5 Å². The van der Waals surface area contributed by atoms with Gasteiger partial charge in [0.05, 0.1) is 6.04 Å². The number of amides is 1. The lowest BCUT2D eigenvalue weighted by molar-refractivity contribution is -0.135. The predicted molar refractivity (Wildman–Crippen MR) is 126 cm³/mol. The summed E-state index contributed by atoms with van der Waals surface area (Å²) in [5.74, 6) is 1.49. The molecule has 2 unspecified atom stereocenters. The average Bonchev–Trinajstić information content (AvgIpc) is 3.52. The molecule has 6 heteroatoms. The minimum atomic E-state index is 0.261. The second-order valence-corrected chi connectivity index (χ2v) is 9.37. The number of carbonyl (C=O) groups is 1. The lowest BCUT2D eigenvalue weighted by atomic mass is 9.88. The predicted octanol–water partition coefficient (Wildman–Crippen LogP) is 3.17. The van der Waals surface area contributed by atoms with E-state index in [2.05, 4.69) is 55.8 Å². The summed E-state index contributed by atoms with van der Waals surface area (Å²) in [6, 6.07) is 11.4. The van der Waals surface area contributed by atoms with Crippen molar-refractivity contribution in [2.75, 3.05) is 39.8 Å². The second-order valence-electron chi connectivity index (χ2n) is 9.37. The Balaban J connectivity index is 1.29. The molecular formula is C25H39N5O. The molecule has 2 aliphatic heterocycles. The Morgan fingerprint density at radius 3 is 2.48 bits per heavy atom. The van der Waals surface area contributed by atoms with Crippen LogP contribution in [0.1, 0.15) is 63.0 Å². The molecule has 2 atom stereocenters. The molecule has 3 fully saturated rings. The van der Waals surface area contributed by atoms with E-state index in [1.807, 2.05) is 7.05 Å². The number of aliphatic imine (C=N–C) groups is 1. The molecule has 1 aromatic carbocycles. The van der Waals surface area contributed by atoms with E-state index in [0.717, 1.165) is 57.9 Å². The summed E-state index contributed by atoms with van der Waals surface area (Å²) in [6.45, 7) is 4.82. The number of benzene rings is 1. The first-order valence-corrected chi connectivity index (χ1v) is 12.3.